The van der Waals surface area contributed by atoms with Gasteiger partial charge in [0.05, 0.1) is 16.0 Å². The van der Waals surface area contributed by atoms with Crippen molar-refractivity contribution < 1.29 is 13.2 Å². The maximum atomic E-state index is 11.6. The molecule has 0 aliphatic rings. The topological polar surface area (TPSA) is 80.5 Å². The van der Waals surface area contributed by atoms with Crippen molar-refractivity contribution in [2.24, 2.45) is 12.1 Å². The van der Waals surface area contributed by atoms with Crippen molar-refractivity contribution >= 4 is 37.3 Å². The number of aryl methyl sites for hydroxylation is 1. The Morgan fingerprint density at radius 1 is 1.38 bits per heavy atom. The minimum Gasteiger partial charge on any atom is -0.318 e. The lowest BCUT2D eigenvalue weighted by Gasteiger charge is -2.01. The van der Waals surface area contributed by atoms with Crippen molar-refractivity contribution in [2.75, 3.05) is 11.5 Å². The lowest BCUT2D eigenvalue weighted by atomic mass is 10.3. The summed E-state index contributed by atoms with van der Waals surface area (Å²) in [4.78, 5) is 12.3. The molecule has 21 heavy (non-hydrogen) atoms. The van der Waals surface area contributed by atoms with Gasteiger partial charge in [-0.1, -0.05) is 30.4 Å². The Balaban J connectivity index is 2.16. The van der Waals surface area contributed by atoms with E-state index in [1.165, 1.54) is 11.3 Å². The van der Waals surface area contributed by atoms with Gasteiger partial charge in [-0.3, -0.25) is 4.79 Å². The van der Waals surface area contributed by atoms with Gasteiger partial charge in [-0.2, -0.15) is 0 Å². The summed E-state index contributed by atoms with van der Waals surface area (Å²) in [5, 5.41) is 4.00. The number of nitrogens with zero attached hydrogens (tertiary/aromatic N) is 2. The van der Waals surface area contributed by atoms with Crippen LogP contribution in [-0.2, 0) is 21.7 Å². The highest BCUT2D eigenvalue weighted by atomic mass is 32.2. The number of rotatable bonds is 5. The monoisotopic (exact) mass is 327 g/mol. The van der Waals surface area contributed by atoms with E-state index < -0.39 is 21.5 Å². The lowest BCUT2D eigenvalue weighted by molar-refractivity contribution is -0.118. The van der Waals surface area contributed by atoms with Gasteiger partial charge in [0, 0.05) is 7.05 Å². The number of thiazole rings is 1. The van der Waals surface area contributed by atoms with Crippen molar-refractivity contribution in [3.05, 3.63) is 29.1 Å². The van der Waals surface area contributed by atoms with Crippen LogP contribution in [0.1, 0.15) is 13.3 Å². The molecule has 0 aliphatic heterocycles. The van der Waals surface area contributed by atoms with Gasteiger partial charge in [-0.05, 0) is 18.6 Å². The summed E-state index contributed by atoms with van der Waals surface area (Å²) >= 11 is 1.43. The molecule has 1 aromatic heterocycles. The number of nitrogens with one attached hydrogen (secondary N) is 1. The number of sulfone groups is 1. The van der Waals surface area contributed by atoms with Gasteiger partial charge in [0.1, 0.15) is 5.75 Å². The zero-order valence-corrected chi connectivity index (χ0v) is 13.5. The van der Waals surface area contributed by atoms with E-state index in [-0.39, 0.29) is 5.75 Å². The molecule has 0 aliphatic carbocycles. The molecule has 0 fully saturated rings. The van der Waals surface area contributed by atoms with E-state index in [1.54, 1.807) is 6.92 Å². The summed E-state index contributed by atoms with van der Waals surface area (Å²) in [6.07, 6.45) is 0.498. The van der Waals surface area contributed by atoms with Crippen molar-refractivity contribution in [3.8, 4) is 0 Å². The first-order chi connectivity index (χ1) is 9.93. The average Bonchev–Trinajstić information content (AvgIpc) is 2.73. The minimum absolute atomic E-state index is 0.0110. The van der Waals surface area contributed by atoms with E-state index >= 15 is 0 Å². The van der Waals surface area contributed by atoms with Gasteiger partial charge in [-0.15, -0.1) is 5.10 Å². The Hall–Kier alpha value is -1.67. The van der Waals surface area contributed by atoms with E-state index in [4.69, 9.17) is 0 Å². The smallest absolute Gasteiger partial charge is 0.255 e. The Bertz CT molecular complexity index is 819. The number of para-hydroxylation sites is 1. The minimum atomic E-state index is -3.35. The third-order valence-electron chi connectivity index (χ3n) is 2.86. The summed E-state index contributed by atoms with van der Waals surface area (Å²) in [5.41, 5.74) is 3.32. The van der Waals surface area contributed by atoms with Crippen LogP contribution in [0, 0.1) is 0 Å². The number of benzene rings is 1. The number of carbonyl (C=O) groups excluding carboxylic acids is 1. The van der Waals surface area contributed by atoms with E-state index in [0.717, 1.165) is 10.2 Å². The van der Waals surface area contributed by atoms with Crippen molar-refractivity contribution in [1.82, 2.24) is 9.99 Å². The highest BCUT2D eigenvalue weighted by Crippen LogP contribution is 2.14. The highest BCUT2D eigenvalue weighted by Gasteiger charge is 2.15. The summed E-state index contributed by atoms with van der Waals surface area (Å²) in [5.74, 6) is -1.13. The lowest BCUT2D eigenvalue weighted by Crippen LogP contribution is -2.30. The quantitative estimate of drug-likeness (QED) is 0.832. The van der Waals surface area contributed by atoms with E-state index in [1.807, 2.05) is 35.9 Å². The molecule has 2 rings (SSSR count). The Morgan fingerprint density at radius 2 is 2.10 bits per heavy atom. The molecule has 1 N–H and O–H groups in total. The normalized spacial score (nSPS) is 12.8. The standard InChI is InChI=1S/C13H17N3O3S2/c1-3-8-21(18,19)9-12(17)14-15-13-16(2)10-6-4-5-7-11(10)20-13/h4-7H,3,8-9H2,1-2H3,(H,14,17)/b15-13-. The van der Waals surface area contributed by atoms with Crippen molar-refractivity contribution in [1.29, 1.82) is 0 Å². The predicted octanol–water partition coefficient (Wildman–Crippen LogP) is 0.996. The molecular formula is C13H17N3O3S2. The molecular weight excluding hydrogens is 310 g/mol. The fraction of sp³-hybridized carbons (Fsp3) is 0.385. The SMILES string of the molecule is CCCS(=O)(=O)CC(=O)N/N=c1\sc2ccccc2n1C. The molecule has 8 heteroatoms. The fourth-order valence-corrected chi connectivity index (χ4v) is 4.12. The van der Waals surface area contributed by atoms with Crippen molar-refractivity contribution in [2.45, 2.75) is 13.3 Å². The number of carbonyl (C=O) groups is 1. The molecule has 1 heterocycles. The summed E-state index contributed by atoms with van der Waals surface area (Å²) in [7, 11) is -1.50. The second-order valence-electron chi connectivity index (χ2n) is 4.65. The molecule has 0 atom stereocenters. The largest absolute Gasteiger partial charge is 0.318 e. The number of aromatic nitrogens is 1. The van der Waals surface area contributed by atoms with Gasteiger partial charge in [0.2, 0.25) is 4.80 Å². The molecule has 2 aromatic rings. The summed E-state index contributed by atoms with van der Waals surface area (Å²) < 4.78 is 26.0. The van der Waals surface area contributed by atoms with Gasteiger partial charge in [0.15, 0.2) is 9.84 Å². The zero-order chi connectivity index (χ0) is 15.5. The summed E-state index contributed by atoms with van der Waals surface area (Å²) in [6, 6.07) is 7.78. The Kier molecular flexibility index (Phi) is 4.79. The Morgan fingerprint density at radius 3 is 2.76 bits per heavy atom. The molecule has 6 nitrogen and oxygen atoms in total. The molecule has 0 saturated heterocycles. The van der Waals surface area contributed by atoms with Gasteiger partial charge >= 0.3 is 0 Å². The first kappa shape index (κ1) is 15.7. The number of hydrogen-bond acceptors (Lipinski definition) is 5. The summed E-state index contributed by atoms with van der Waals surface area (Å²) in [6.45, 7) is 1.76. The van der Waals surface area contributed by atoms with E-state index in [0.29, 0.717) is 11.2 Å². The molecule has 1 amide bonds. The van der Waals surface area contributed by atoms with Crippen LogP contribution in [0.2, 0.25) is 0 Å². The highest BCUT2D eigenvalue weighted by molar-refractivity contribution is 7.92. The number of fused-ring (bicyclic) bond motifs is 1. The van der Waals surface area contributed by atoms with Crippen LogP contribution in [0.3, 0.4) is 0 Å². The van der Waals surface area contributed by atoms with Gasteiger partial charge in [0.25, 0.3) is 5.91 Å². The molecule has 0 spiro atoms. The zero-order valence-electron chi connectivity index (χ0n) is 11.9. The Labute approximate surface area is 127 Å². The third kappa shape index (κ3) is 3.92. The second kappa shape index (κ2) is 6.40. The van der Waals surface area contributed by atoms with Gasteiger partial charge < -0.3 is 4.57 Å². The van der Waals surface area contributed by atoms with Crippen LogP contribution >= 0.6 is 11.3 Å². The maximum absolute atomic E-state index is 11.6. The predicted molar refractivity (Wildman–Crippen MR) is 83.4 cm³/mol. The molecule has 0 unspecified atom stereocenters. The number of hydrogen-bond donors (Lipinski definition) is 1. The average molecular weight is 327 g/mol. The number of amides is 1. The van der Waals surface area contributed by atoms with Crippen LogP contribution < -0.4 is 10.2 Å². The van der Waals surface area contributed by atoms with Gasteiger partial charge in [-0.25, -0.2) is 13.8 Å². The second-order valence-corrected chi connectivity index (χ2v) is 7.84. The van der Waals surface area contributed by atoms with Crippen LogP contribution in [0.15, 0.2) is 29.4 Å². The van der Waals surface area contributed by atoms with Crippen LogP contribution in [0.25, 0.3) is 10.2 Å². The molecule has 114 valence electrons. The third-order valence-corrected chi connectivity index (χ3v) is 5.70. The van der Waals surface area contributed by atoms with Crippen LogP contribution in [0.5, 0.6) is 0 Å². The molecule has 0 radical (unpaired) electrons. The van der Waals surface area contributed by atoms with Crippen molar-refractivity contribution in [3.63, 3.8) is 0 Å². The van der Waals surface area contributed by atoms with E-state index in [9.17, 15) is 13.2 Å². The molecule has 1 aromatic carbocycles. The maximum Gasteiger partial charge on any atom is 0.255 e. The fourth-order valence-electron chi connectivity index (χ4n) is 1.91. The van der Waals surface area contributed by atoms with E-state index in [2.05, 4.69) is 10.5 Å². The molecule has 0 saturated carbocycles. The molecule has 0 bridgehead atoms. The first-order valence-corrected chi connectivity index (χ1v) is 9.14. The van der Waals surface area contributed by atoms with Crippen LogP contribution in [-0.4, -0.2) is 30.4 Å². The van der Waals surface area contributed by atoms with Crippen LogP contribution in [0.4, 0.5) is 0 Å². The first-order valence-electron chi connectivity index (χ1n) is 6.50.